The van der Waals surface area contributed by atoms with E-state index in [0.717, 1.165) is 10.7 Å². The number of nitro groups is 1. The fraction of sp³-hybridized carbons (Fsp3) is 0.100. The standard InChI is InChI=1S/C10H8F2N4O2/c1-5-4-15(14-10(5)13)8-3-9(16(17)18)7(12)2-6(8)11/h2-4H,1H3,(H2,13,14). The summed E-state index contributed by atoms with van der Waals surface area (Å²) in [5.74, 6) is -2.03. The lowest BCUT2D eigenvalue weighted by Crippen LogP contribution is -2.03. The minimum atomic E-state index is -1.24. The lowest BCUT2D eigenvalue weighted by atomic mass is 10.2. The number of benzene rings is 1. The number of anilines is 1. The molecular weight excluding hydrogens is 246 g/mol. The average molecular weight is 254 g/mol. The first-order valence-electron chi connectivity index (χ1n) is 4.85. The molecule has 1 aromatic carbocycles. The molecular formula is C10H8F2N4O2. The van der Waals surface area contributed by atoms with Crippen LogP contribution in [0.3, 0.4) is 0 Å². The van der Waals surface area contributed by atoms with E-state index >= 15 is 0 Å². The summed E-state index contributed by atoms with van der Waals surface area (Å²) in [5.41, 5.74) is 5.02. The number of hydrogen-bond donors (Lipinski definition) is 1. The summed E-state index contributed by atoms with van der Waals surface area (Å²) >= 11 is 0. The third-order valence-corrected chi connectivity index (χ3v) is 2.40. The van der Waals surface area contributed by atoms with Gasteiger partial charge in [0.05, 0.1) is 4.92 Å². The molecule has 2 rings (SSSR count). The Balaban J connectivity index is 2.64. The quantitative estimate of drug-likeness (QED) is 0.655. The summed E-state index contributed by atoms with van der Waals surface area (Å²) < 4.78 is 27.7. The van der Waals surface area contributed by atoms with Gasteiger partial charge in [-0.25, -0.2) is 9.07 Å². The Morgan fingerprint density at radius 2 is 2.06 bits per heavy atom. The first kappa shape index (κ1) is 12.0. The molecule has 0 saturated heterocycles. The summed E-state index contributed by atoms with van der Waals surface area (Å²) in [7, 11) is 0. The van der Waals surface area contributed by atoms with Crippen LogP contribution < -0.4 is 5.73 Å². The van der Waals surface area contributed by atoms with E-state index in [2.05, 4.69) is 5.10 Å². The average Bonchev–Trinajstić information content (AvgIpc) is 2.58. The molecule has 0 atom stereocenters. The van der Waals surface area contributed by atoms with Crippen LogP contribution in [0.2, 0.25) is 0 Å². The summed E-state index contributed by atoms with van der Waals surface area (Å²) in [6, 6.07) is 1.22. The van der Waals surface area contributed by atoms with Crippen LogP contribution in [0.15, 0.2) is 18.3 Å². The minimum Gasteiger partial charge on any atom is -0.382 e. The highest BCUT2D eigenvalue weighted by atomic mass is 19.1. The van der Waals surface area contributed by atoms with E-state index in [1.807, 2.05) is 0 Å². The van der Waals surface area contributed by atoms with Crippen molar-refractivity contribution in [3.63, 3.8) is 0 Å². The molecule has 2 N–H and O–H groups in total. The third kappa shape index (κ3) is 1.88. The monoisotopic (exact) mass is 254 g/mol. The Labute approximate surface area is 99.8 Å². The van der Waals surface area contributed by atoms with Crippen LogP contribution in [0.5, 0.6) is 0 Å². The number of halogens is 2. The van der Waals surface area contributed by atoms with Crippen LogP contribution in [0.4, 0.5) is 20.3 Å². The number of nitrogen functional groups attached to an aromatic ring is 1. The number of nitrogens with zero attached hydrogens (tertiary/aromatic N) is 3. The number of nitro benzene ring substituents is 1. The van der Waals surface area contributed by atoms with E-state index in [4.69, 9.17) is 5.73 Å². The predicted molar refractivity (Wildman–Crippen MR) is 59.3 cm³/mol. The fourth-order valence-electron chi connectivity index (χ4n) is 1.44. The SMILES string of the molecule is Cc1cn(-c2cc([N+](=O)[O-])c(F)cc2F)nc1N. The maximum absolute atomic E-state index is 13.6. The van der Waals surface area contributed by atoms with Crippen molar-refractivity contribution in [2.75, 3.05) is 5.73 Å². The second-order valence-corrected chi connectivity index (χ2v) is 3.65. The van der Waals surface area contributed by atoms with Crippen LogP contribution >= 0.6 is 0 Å². The van der Waals surface area contributed by atoms with Gasteiger partial charge in [-0.05, 0) is 6.92 Å². The zero-order valence-corrected chi connectivity index (χ0v) is 9.22. The second kappa shape index (κ2) is 4.06. The molecule has 0 radical (unpaired) electrons. The Bertz CT molecular complexity index is 620. The largest absolute Gasteiger partial charge is 0.382 e. The molecule has 0 aliphatic heterocycles. The van der Waals surface area contributed by atoms with Gasteiger partial charge in [0.2, 0.25) is 5.82 Å². The van der Waals surface area contributed by atoms with Crippen molar-refractivity contribution < 1.29 is 13.7 Å². The van der Waals surface area contributed by atoms with Crippen molar-refractivity contribution in [2.24, 2.45) is 0 Å². The second-order valence-electron chi connectivity index (χ2n) is 3.65. The van der Waals surface area contributed by atoms with Crippen LogP contribution in [0, 0.1) is 28.7 Å². The maximum atomic E-state index is 13.6. The van der Waals surface area contributed by atoms with Crippen molar-refractivity contribution in [1.82, 2.24) is 9.78 Å². The molecule has 6 nitrogen and oxygen atoms in total. The Morgan fingerprint density at radius 3 is 2.56 bits per heavy atom. The minimum absolute atomic E-state index is 0.168. The molecule has 1 aromatic heterocycles. The summed E-state index contributed by atoms with van der Waals surface area (Å²) in [4.78, 5) is 9.64. The molecule has 0 saturated carbocycles. The molecule has 0 amide bonds. The predicted octanol–water partition coefficient (Wildman–Crippen LogP) is 1.95. The van der Waals surface area contributed by atoms with Gasteiger partial charge < -0.3 is 5.73 Å². The summed E-state index contributed by atoms with van der Waals surface area (Å²) in [6.45, 7) is 1.65. The van der Waals surface area contributed by atoms with E-state index in [0.29, 0.717) is 11.6 Å². The first-order chi connectivity index (χ1) is 8.40. The van der Waals surface area contributed by atoms with Gasteiger partial charge in [-0.2, -0.15) is 9.49 Å². The Kier molecular flexibility index (Phi) is 2.70. The van der Waals surface area contributed by atoms with Crippen molar-refractivity contribution >= 4 is 11.5 Å². The topological polar surface area (TPSA) is 87.0 Å². The van der Waals surface area contributed by atoms with Crippen LogP contribution in [0.25, 0.3) is 5.69 Å². The summed E-state index contributed by atoms with van der Waals surface area (Å²) in [6.07, 6.45) is 1.40. The Hall–Kier alpha value is -2.51. The lowest BCUT2D eigenvalue weighted by Gasteiger charge is -2.03. The number of aryl methyl sites for hydroxylation is 1. The van der Waals surface area contributed by atoms with E-state index in [1.54, 1.807) is 6.92 Å². The highest BCUT2D eigenvalue weighted by Crippen LogP contribution is 2.24. The van der Waals surface area contributed by atoms with Crippen molar-refractivity contribution in [1.29, 1.82) is 0 Å². The van der Waals surface area contributed by atoms with Gasteiger partial charge >= 0.3 is 5.69 Å². The van der Waals surface area contributed by atoms with E-state index < -0.39 is 22.2 Å². The molecule has 94 valence electrons. The maximum Gasteiger partial charge on any atom is 0.307 e. The molecule has 0 aliphatic carbocycles. The summed E-state index contributed by atoms with van der Waals surface area (Å²) in [5, 5.41) is 14.4. The normalized spacial score (nSPS) is 10.6. The van der Waals surface area contributed by atoms with Crippen LogP contribution in [-0.2, 0) is 0 Å². The first-order valence-corrected chi connectivity index (χ1v) is 4.85. The van der Waals surface area contributed by atoms with Gasteiger partial charge in [0.25, 0.3) is 0 Å². The van der Waals surface area contributed by atoms with Gasteiger partial charge in [-0.3, -0.25) is 10.1 Å². The zero-order valence-electron chi connectivity index (χ0n) is 9.22. The fourth-order valence-corrected chi connectivity index (χ4v) is 1.44. The smallest absolute Gasteiger partial charge is 0.307 e. The van der Waals surface area contributed by atoms with Gasteiger partial charge in [0, 0.05) is 23.9 Å². The number of hydrogen-bond acceptors (Lipinski definition) is 4. The molecule has 0 unspecified atom stereocenters. The number of rotatable bonds is 2. The van der Waals surface area contributed by atoms with Gasteiger partial charge in [0.1, 0.15) is 11.5 Å². The molecule has 0 aliphatic rings. The van der Waals surface area contributed by atoms with E-state index in [1.165, 1.54) is 6.20 Å². The number of aromatic nitrogens is 2. The van der Waals surface area contributed by atoms with Gasteiger partial charge in [-0.15, -0.1) is 0 Å². The molecule has 1 heterocycles. The highest BCUT2D eigenvalue weighted by Gasteiger charge is 2.20. The Morgan fingerprint density at radius 1 is 1.39 bits per heavy atom. The van der Waals surface area contributed by atoms with Crippen LogP contribution in [-0.4, -0.2) is 14.7 Å². The number of nitrogens with two attached hydrogens (primary N) is 1. The highest BCUT2D eigenvalue weighted by molar-refractivity contribution is 5.47. The molecule has 0 spiro atoms. The molecule has 0 fully saturated rings. The molecule has 18 heavy (non-hydrogen) atoms. The van der Waals surface area contributed by atoms with Crippen molar-refractivity contribution in [2.45, 2.75) is 6.92 Å². The zero-order chi connectivity index (χ0) is 13.4. The van der Waals surface area contributed by atoms with Crippen molar-refractivity contribution in [3.05, 3.63) is 45.6 Å². The van der Waals surface area contributed by atoms with Crippen LogP contribution in [0.1, 0.15) is 5.56 Å². The molecule has 2 aromatic rings. The third-order valence-electron chi connectivity index (χ3n) is 2.40. The van der Waals surface area contributed by atoms with Crippen molar-refractivity contribution in [3.8, 4) is 5.69 Å². The van der Waals surface area contributed by atoms with E-state index in [-0.39, 0.29) is 11.5 Å². The van der Waals surface area contributed by atoms with Gasteiger partial charge in [0.15, 0.2) is 5.82 Å². The van der Waals surface area contributed by atoms with E-state index in [9.17, 15) is 18.9 Å². The molecule has 0 bridgehead atoms. The molecule has 8 heteroatoms. The lowest BCUT2D eigenvalue weighted by molar-refractivity contribution is -0.387. The van der Waals surface area contributed by atoms with Gasteiger partial charge in [-0.1, -0.05) is 0 Å².